The van der Waals surface area contributed by atoms with E-state index >= 15 is 0 Å². The van der Waals surface area contributed by atoms with Crippen molar-refractivity contribution in [1.29, 1.82) is 0 Å². The minimum absolute atomic E-state index is 0.0936. The highest BCUT2D eigenvalue weighted by Crippen LogP contribution is 2.44. The molecule has 1 aliphatic heterocycles. The summed E-state index contributed by atoms with van der Waals surface area (Å²) < 4.78 is 0. The van der Waals surface area contributed by atoms with E-state index in [4.69, 9.17) is 0 Å². The first kappa shape index (κ1) is 9.70. The Morgan fingerprint density at radius 2 is 1.94 bits per heavy atom. The van der Waals surface area contributed by atoms with Gasteiger partial charge in [-0.25, -0.2) is 4.79 Å². The number of amides is 2. The summed E-state index contributed by atoms with van der Waals surface area (Å²) in [5.74, 6) is 1.62. The molecule has 3 nitrogen and oxygen atoms in total. The van der Waals surface area contributed by atoms with E-state index in [-0.39, 0.29) is 6.03 Å². The fourth-order valence-corrected chi connectivity index (χ4v) is 2.45. The Hall–Kier alpha value is -1.51. The van der Waals surface area contributed by atoms with Crippen molar-refractivity contribution in [3.05, 3.63) is 35.9 Å². The molecule has 1 N–H and O–H groups in total. The topological polar surface area (TPSA) is 32.3 Å². The van der Waals surface area contributed by atoms with Gasteiger partial charge in [0, 0.05) is 19.6 Å². The third-order valence-corrected chi connectivity index (χ3v) is 3.55. The Morgan fingerprint density at radius 3 is 2.62 bits per heavy atom. The van der Waals surface area contributed by atoms with Crippen LogP contribution in [0, 0.1) is 11.8 Å². The molecule has 3 rings (SSSR count). The van der Waals surface area contributed by atoms with Crippen molar-refractivity contribution < 1.29 is 4.79 Å². The van der Waals surface area contributed by atoms with Crippen molar-refractivity contribution in [1.82, 2.24) is 10.2 Å². The van der Waals surface area contributed by atoms with Crippen LogP contribution in [0.2, 0.25) is 0 Å². The van der Waals surface area contributed by atoms with Crippen LogP contribution in [0.25, 0.3) is 0 Å². The van der Waals surface area contributed by atoms with Crippen LogP contribution < -0.4 is 5.32 Å². The van der Waals surface area contributed by atoms with Crippen LogP contribution in [0.4, 0.5) is 4.79 Å². The standard InChI is InChI=1S/C13H16N2O/c16-13(15-8-11-6-12(11)9-15)14-7-10-4-2-1-3-5-10/h1-5,11-12H,6-9H2,(H,14,16). The lowest BCUT2D eigenvalue weighted by Crippen LogP contribution is -2.39. The van der Waals surface area contributed by atoms with Crippen LogP contribution in [-0.4, -0.2) is 24.0 Å². The van der Waals surface area contributed by atoms with Gasteiger partial charge in [-0.3, -0.25) is 0 Å². The summed E-state index contributed by atoms with van der Waals surface area (Å²) in [7, 11) is 0. The van der Waals surface area contributed by atoms with E-state index in [2.05, 4.69) is 5.32 Å². The number of nitrogens with one attached hydrogen (secondary N) is 1. The maximum Gasteiger partial charge on any atom is 0.317 e. The molecule has 1 aromatic rings. The Labute approximate surface area is 95.4 Å². The van der Waals surface area contributed by atoms with E-state index in [1.807, 2.05) is 35.2 Å². The molecule has 2 fully saturated rings. The number of carbonyl (C=O) groups is 1. The van der Waals surface area contributed by atoms with Crippen LogP contribution in [0.5, 0.6) is 0 Å². The summed E-state index contributed by atoms with van der Waals surface area (Å²) in [5.41, 5.74) is 1.15. The van der Waals surface area contributed by atoms with Gasteiger partial charge < -0.3 is 10.2 Å². The lowest BCUT2D eigenvalue weighted by molar-refractivity contribution is 0.203. The van der Waals surface area contributed by atoms with Crippen molar-refractivity contribution in [2.45, 2.75) is 13.0 Å². The molecule has 0 radical (unpaired) electrons. The number of urea groups is 1. The Bertz CT molecular complexity index is 380. The molecule has 0 spiro atoms. The molecule has 2 amide bonds. The number of hydrogen-bond donors (Lipinski definition) is 1. The molecule has 2 atom stereocenters. The zero-order valence-corrected chi connectivity index (χ0v) is 9.23. The molecule has 1 saturated carbocycles. The molecule has 1 aliphatic carbocycles. The second-order valence-electron chi connectivity index (χ2n) is 4.81. The largest absolute Gasteiger partial charge is 0.334 e. The maximum atomic E-state index is 11.8. The summed E-state index contributed by atoms with van der Waals surface area (Å²) in [5, 5.41) is 2.97. The Kier molecular flexibility index (Phi) is 2.31. The van der Waals surface area contributed by atoms with E-state index in [1.165, 1.54) is 6.42 Å². The van der Waals surface area contributed by atoms with Gasteiger partial charge in [0.05, 0.1) is 0 Å². The smallest absolute Gasteiger partial charge is 0.317 e. The van der Waals surface area contributed by atoms with Crippen molar-refractivity contribution >= 4 is 6.03 Å². The maximum absolute atomic E-state index is 11.8. The number of fused-ring (bicyclic) bond motifs is 1. The highest BCUT2D eigenvalue weighted by atomic mass is 16.2. The molecule has 1 heterocycles. The lowest BCUT2D eigenvalue weighted by Gasteiger charge is -2.18. The zero-order chi connectivity index (χ0) is 11.0. The predicted molar refractivity (Wildman–Crippen MR) is 61.8 cm³/mol. The monoisotopic (exact) mass is 216 g/mol. The van der Waals surface area contributed by atoms with Gasteiger partial charge >= 0.3 is 6.03 Å². The molecule has 0 aromatic heterocycles. The first-order valence-electron chi connectivity index (χ1n) is 5.89. The summed E-state index contributed by atoms with van der Waals surface area (Å²) in [4.78, 5) is 13.7. The Morgan fingerprint density at radius 1 is 1.25 bits per heavy atom. The molecule has 1 saturated heterocycles. The fraction of sp³-hybridized carbons (Fsp3) is 0.462. The number of carbonyl (C=O) groups excluding carboxylic acids is 1. The summed E-state index contributed by atoms with van der Waals surface area (Å²) in [6.07, 6.45) is 1.34. The van der Waals surface area contributed by atoms with E-state index < -0.39 is 0 Å². The second-order valence-corrected chi connectivity index (χ2v) is 4.81. The van der Waals surface area contributed by atoms with Gasteiger partial charge in [-0.15, -0.1) is 0 Å². The normalized spacial score (nSPS) is 26.4. The summed E-state index contributed by atoms with van der Waals surface area (Å²) >= 11 is 0. The van der Waals surface area contributed by atoms with E-state index in [9.17, 15) is 4.79 Å². The Balaban J connectivity index is 1.50. The highest BCUT2D eigenvalue weighted by Gasteiger charge is 2.46. The minimum Gasteiger partial charge on any atom is -0.334 e. The van der Waals surface area contributed by atoms with E-state index in [1.54, 1.807) is 0 Å². The predicted octanol–water partition coefficient (Wildman–Crippen LogP) is 1.85. The molecular formula is C13H16N2O. The van der Waals surface area contributed by atoms with Gasteiger partial charge in [0.2, 0.25) is 0 Å². The quantitative estimate of drug-likeness (QED) is 0.804. The first-order valence-corrected chi connectivity index (χ1v) is 5.89. The first-order chi connectivity index (χ1) is 7.83. The number of piperidine rings is 1. The van der Waals surface area contributed by atoms with Crippen molar-refractivity contribution in [3.63, 3.8) is 0 Å². The van der Waals surface area contributed by atoms with Crippen LogP contribution in [0.15, 0.2) is 30.3 Å². The van der Waals surface area contributed by atoms with Crippen LogP contribution in [-0.2, 0) is 6.54 Å². The second kappa shape index (κ2) is 3.81. The third kappa shape index (κ3) is 1.90. The van der Waals surface area contributed by atoms with Crippen LogP contribution in [0.3, 0.4) is 0 Å². The molecule has 2 aliphatic rings. The van der Waals surface area contributed by atoms with Gasteiger partial charge in [0.25, 0.3) is 0 Å². The molecule has 16 heavy (non-hydrogen) atoms. The summed E-state index contributed by atoms with van der Waals surface area (Å²) in [6, 6.07) is 10.1. The SMILES string of the molecule is O=C(NCc1ccccc1)N1CC2CC2C1. The average molecular weight is 216 g/mol. The number of benzene rings is 1. The highest BCUT2D eigenvalue weighted by molar-refractivity contribution is 5.74. The van der Waals surface area contributed by atoms with Gasteiger partial charge in [0.15, 0.2) is 0 Å². The van der Waals surface area contributed by atoms with Crippen LogP contribution >= 0.6 is 0 Å². The molecule has 84 valence electrons. The molecule has 3 heteroatoms. The number of nitrogens with zero attached hydrogens (tertiary/aromatic N) is 1. The molecule has 1 aromatic carbocycles. The van der Waals surface area contributed by atoms with Gasteiger partial charge in [0.1, 0.15) is 0 Å². The number of hydrogen-bond acceptors (Lipinski definition) is 1. The van der Waals surface area contributed by atoms with Crippen molar-refractivity contribution in [2.24, 2.45) is 11.8 Å². The third-order valence-electron chi connectivity index (χ3n) is 3.55. The lowest BCUT2D eigenvalue weighted by atomic mass is 10.2. The molecular weight excluding hydrogens is 200 g/mol. The number of rotatable bonds is 2. The van der Waals surface area contributed by atoms with E-state index in [0.717, 1.165) is 30.5 Å². The molecule has 2 unspecified atom stereocenters. The van der Waals surface area contributed by atoms with E-state index in [0.29, 0.717) is 6.54 Å². The van der Waals surface area contributed by atoms with Crippen molar-refractivity contribution in [3.8, 4) is 0 Å². The molecule has 0 bridgehead atoms. The van der Waals surface area contributed by atoms with Crippen LogP contribution in [0.1, 0.15) is 12.0 Å². The zero-order valence-electron chi connectivity index (χ0n) is 9.23. The minimum atomic E-state index is 0.0936. The average Bonchev–Trinajstić information content (AvgIpc) is 2.94. The van der Waals surface area contributed by atoms with Gasteiger partial charge in [-0.2, -0.15) is 0 Å². The number of likely N-dealkylation sites (tertiary alicyclic amines) is 1. The fourth-order valence-electron chi connectivity index (χ4n) is 2.45. The van der Waals surface area contributed by atoms with Gasteiger partial charge in [-0.1, -0.05) is 30.3 Å². The van der Waals surface area contributed by atoms with Gasteiger partial charge in [-0.05, 0) is 23.8 Å². The van der Waals surface area contributed by atoms with Crippen molar-refractivity contribution in [2.75, 3.05) is 13.1 Å². The summed E-state index contributed by atoms with van der Waals surface area (Å²) in [6.45, 7) is 2.56.